The number of carbonyl (C=O) groups excluding carboxylic acids is 1. The van der Waals surface area contributed by atoms with Crippen LogP contribution in [0.1, 0.15) is 37.7 Å². The molecular formula is C16H24N2O2. The van der Waals surface area contributed by atoms with Crippen molar-refractivity contribution in [1.29, 1.82) is 0 Å². The summed E-state index contributed by atoms with van der Waals surface area (Å²) in [6, 6.07) is 9.79. The maximum atomic E-state index is 11.9. The Morgan fingerprint density at radius 1 is 1.20 bits per heavy atom. The Balaban J connectivity index is 1.78. The number of hydrogen-bond donors (Lipinski definition) is 3. The molecule has 1 unspecified atom stereocenters. The Bertz CT molecular complexity index is 402. The number of hydrogen-bond acceptors (Lipinski definition) is 2. The zero-order valence-corrected chi connectivity index (χ0v) is 11.8. The van der Waals surface area contributed by atoms with Crippen LogP contribution in [0, 0.1) is 0 Å². The Labute approximate surface area is 120 Å². The summed E-state index contributed by atoms with van der Waals surface area (Å²) in [5.74, 6) is 0. The van der Waals surface area contributed by atoms with E-state index in [-0.39, 0.29) is 18.7 Å². The molecule has 1 saturated carbocycles. The SMILES string of the molecule is O=C(NC1CCCCC1)NC(CO)Cc1ccccc1. The Morgan fingerprint density at radius 2 is 1.90 bits per heavy atom. The maximum absolute atomic E-state index is 11.9. The minimum Gasteiger partial charge on any atom is -0.394 e. The van der Waals surface area contributed by atoms with Crippen molar-refractivity contribution < 1.29 is 9.90 Å². The first-order chi connectivity index (χ1) is 9.78. The van der Waals surface area contributed by atoms with Crippen LogP contribution in [0.4, 0.5) is 4.79 Å². The lowest BCUT2D eigenvalue weighted by Gasteiger charge is -2.24. The molecule has 1 aliphatic carbocycles. The van der Waals surface area contributed by atoms with E-state index in [2.05, 4.69) is 10.6 Å². The molecule has 0 bridgehead atoms. The van der Waals surface area contributed by atoms with Crippen LogP contribution in [-0.4, -0.2) is 29.8 Å². The van der Waals surface area contributed by atoms with Crippen molar-refractivity contribution in [2.45, 2.75) is 50.6 Å². The molecule has 0 aromatic heterocycles. The fourth-order valence-electron chi connectivity index (χ4n) is 2.72. The molecule has 4 heteroatoms. The first-order valence-corrected chi connectivity index (χ1v) is 7.49. The topological polar surface area (TPSA) is 61.4 Å². The van der Waals surface area contributed by atoms with E-state index in [0.29, 0.717) is 12.5 Å². The van der Waals surface area contributed by atoms with Gasteiger partial charge in [0.05, 0.1) is 12.6 Å². The van der Waals surface area contributed by atoms with Crippen molar-refractivity contribution in [2.75, 3.05) is 6.61 Å². The first kappa shape index (κ1) is 14.9. The highest BCUT2D eigenvalue weighted by atomic mass is 16.3. The van der Waals surface area contributed by atoms with Gasteiger partial charge in [0.2, 0.25) is 0 Å². The lowest BCUT2D eigenvalue weighted by atomic mass is 9.96. The Kier molecular flexibility index (Phi) is 5.87. The summed E-state index contributed by atoms with van der Waals surface area (Å²) in [6.45, 7) is -0.0486. The van der Waals surface area contributed by atoms with Crippen LogP contribution in [-0.2, 0) is 6.42 Å². The molecule has 0 spiro atoms. The second-order valence-corrected chi connectivity index (χ2v) is 5.52. The average molecular weight is 276 g/mol. The zero-order chi connectivity index (χ0) is 14.2. The molecule has 2 rings (SSSR count). The Morgan fingerprint density at radius 3 is 2.55 bits per heavy atom. The van der Waals surface area contributed by atoms with Gasteiger partial charge in [-0.25, -0.2) is 4.79 Å². The molecule has 0 aliphatic heterocycles. The van der Waals surface area contributed by atoms with E-state index in [0.717, 1.165) is 18.4 Å². The maximum Gasteiger partial charge on any atom is 0.315 e. The van der Waals surface area contributed by atoms with E-state index in [1.54, 1.807) is 0 Å². The molecule has 0 radical (unpaired) electrons. The number of benzene rings is 1. The van der Waals surface area contributed by atoms with Gasteiger partial charge in [-0.15, -0.1) is 0 Å². The standard InChI is InChI=1S/C16H24N2O2/c19-12-15(11-13-7-3-1-4-8-13)18-16(20)17-14-9-5-2-6-10-14/h1,3-4,7-8,14-15,19H,2,5-6,9-12H2,(H2,17,18,20). The molecule has 1 aromatic rings. The lowest BCUT2D eigenvalue weighted by molar-refractivity contribution is 0.210. The van der Waals surface area contributed by atoms with Crippen molar-refractivity contribution in [3.8, 4) is 0 Å². The molecule has 20 heavy (non-hydrogen) atoms. The number of amides is 2. The van der Waals surface area contributed by atoms with Gasteiger partial charge in [0.15, 0.2) is 0 Å². The molecule has 110 valence electrons. The van der Waals surface area contributed by atoms with Gasteiger partial charge in [-0.2, -0.15) is 0 Å². The number of urea groups is 1. The quantitative estimate of drug-likeness (QED) is 0.772. The fourth-order valence-corrected chi connectivity index (χ4v) is 2.72. The third kappa shape index (κ3) is 4.85. The van der Waals surface area contributed by atoms with Crippen molar-refractivity contribution in [1.82, 2.24) is 10.6 Å². The van der Waals surface area contributed by atoms with E-state index in [1.165, 1.54) is 19.3 Å². The second kappa shape index (κ2) is 7.90. The number of nitrogens with one attached hydrogen (secondary N) is 2. The number of rotatable bonds is 5. The molecule has 1 atom stereocenters. The summed E-state index contributed by atoms with van der Waals surface area (Å²) in [7, 11) is 0. The highest BCUT2D eigenvalue weighted by Gasteiger charge is 2.17. The molecule has 0 saturated heterocycles. The van der Waals surface area contributed by atoms with Crippen LogP contribution in [0.25, 0.3) is 0 Å². The van der Waals surface area contributed by atoms with Gasteiger partial charge in [0, 0.05) is 6.04 Å². The second-order valence-electron chi connectivity index (χ2n) is 5.52. The molecule has 4 nitrogen and oxygen atoms in total. The van der Waals surface area contributed by atoms with Crippen molar-refractivity contribution >= 4 is 6.03 Å². The van der Waals surface area contributed by atoms with Crippen LogP contribution in [0.5, 0.6) is 0 Å². The van der Waals surface area contributed by atoms with Gasteiger partial charge < -0.3 is 15.7 Å². The van der Waals surface area contributed by atoms with Crippen LogP contribution >= 0.6 is 0 Å². The van der Waals surface area contributed by atoms with Gasteiger partial charge >= 0.3 is 6.03 Å². The van der Waals surface area contributed by atoms with Gasteiger partial charge in [-0.1, -0.05) is 49.6 Å². The van der Waals surface area contributed by atoms with Crippen molar-refractivity contribution in [2.24, 2.45) is 0 Å². The summed E-state index contributed by atoms with van der Waals surface area (Å²) in [5.41, 5.74) is 1.12. The molecule has 1 fully saturated rings. The predicted molar refractivity (Wildman–Crippen MR) is 79.6 cm³/mol. The monoisotopic (exact) mass is 276 g/mol. The predicted octanol–water partition coefficient (Wildman–Crippen LogP) is 2.22. The van der Waals surface area contributed by atoms with Crippen LogP contribution in [0.15, 0.2) is 30.3 Å². The largest absolute Gasteiger partial charge is 0.394 e. The number of carbonyl (C=O) groups is 1. The van der Waals surface area contributed by atoms with Gasteiger partial charge in [0.1, 0.15) is 0 Å². The third-order valence-corrected chi connectivity index (χ3v) is 3.82. The van der Waals surface area contributed by atoms with Crippen molar-refractivity contribution in [3.05, 3.63) is 35.9 Å². The highest BCUT2D eigenvalue weighted by molar-refractivity contribution is 5.74. The summed E-state index contributed by atoms with van der Waals surface area (Å²) >= 11 is 0. The van der Waals surface area contributed by atoms with E-state index in [9.17, 15) is 9.90 Å². The lowest BCUT2D eigenvalue weighted by Crippen LogP contribution is -2.48. The summed E-state index contributed by atoms with van der Waals surface area (Å²) < 4.78 is 0. The van der Waals surface area contributed by atoms with Crippen LogP contribution in [0.3, 0.4) is 0 Å². The van der Waals surface area contributed by atoms with E-state index < -0.39 is 0 Å². The van der Waals surface area contributed by atoms with Gasteiger partial charge in [-0.3, -0.25) is 0 Å². The van der Waals surface area contributed by atoms with Gasteiger partial charge in [-0.05, 0) is 24.8 Å². The first-order valence-electron chi connectivity index (χ1n) is 7.49. The van der Waals surface area contributed by atoms with E-state index >= 15 is 0 Å². The molecule has 1 aliphatic rings. The summed E-state index contributed by atoms with van der Waals surface area (Å²) in [4.78, 5) is 11.9. The zero-order valence-electron chi connectivity index (χ0n) is 11.8. The molecule has 0 heterocycles. The number of aliphatic hydroxyl groups excluding tert-OH is 1. The van der Waals surface area contributed by atoms with Crippen LogP contribution < -0.4 is 10.6 Å². The van der Waals surface area contributed by atoms with Crippen molar-refractivity contribution in [3.63, 3.8) is 0 Å². The minimum atomic E-state index is -0.235. The van der Waals surface area contributed by atoms with Crippen LogP contribution in [0.2, 0.25) is 0 Å². The molecule has 1 aromatic carbocycles. The van der Waals surface area contributed by atoms with E-state index in [4.69, 9.17) is 0 Å². The van der Waals surface area contributed by atoms with E-state index in [1.807, 2.05) is 30.3 Å². The highest BCUT2D eigenvalue weighted by Crippen LogP contribution is 2.17. The normalized spacial score (nSPS) is 17.4. The third-order valence-electron chi connectivity index (χ3n) is 3.82. The molecule has 2 amide bonds. The summed E-state index contributed by atoms with van der Waals surface area (Å²) in [6.07, 6.45) is 6.44. The molecule has 3 N–H and O–H groups in total. The smallest absolute Gasteiger partial charge is 0.315 e. The Hall–Kier alpha value is -1.55. The minimum absolute atomic E-state index is 0.0486. The fraction of sp³-hybridized carbons (Fsp3) is 0.562. The summed E-state index contributed by atoms with van der Waals surface area (Å²) in [5, 5.41) is 15.3. The molecular weight excluding hydrogens is 252 g/mol. The number of aliphatic hydroxyl groups is 1. The average Bonchev–Trinajstić information content (AvgIpc) is 2.48. The van der Waals surface area contributed by atoms with Gasteiger partial charge in [0.25, 0.3) is 0 Å².